The average molecular weight is 305 g/mol. The maximum atomic E-state index is 11.9. The quantitative estimate of drug-likeness (QED) is 0.866. The minimum atomic E-state index is -1.02. The number of aliphatic carboxylic acids is 1. The molecule has 1 heterocycles. The van der Waals surface area contributed by atoms with Crippen molar-refractivity contribution in [2.75, 3.05) is 0 Å². The highest BCUT2D eigenvalue weighted by Crippen LogP contribution is 2.30. The smallest absolute Gasteiger partial charge is 0.309 e. The second-order valence-electron chi connectivity index (χ2n) is 4.31. The number of ketones is 1. The van der Waals surface area contributed by atoms with Crippen molar-refractivity contribution >= 4 is 39.0 Å². The Labute approximate surface area is 107 Å². The standard InChI is InChI=1S/C11H13BrO3S/c1-6-7(4-9(12)16-6)8(13)5-11(2,3)10(14)15/h4H,5H2,1-3H3,(H,14,15). The summed E-state index contributed by atoms with van der Waals surface area (Å²) < 4.78 is 0.890. The highest BCUT2D eigenvalue weighted by molar-refractivity contribution is 9.11. The van der Waals surface area contributed by atoms with Gasteiger partial charge in [0.15, 0.2) is 5.78 Å². The summed E-state index contributed by atoms with van der Waals surface area (Å²) >= 11 is 4.79. The normalized spacial score (nSPS) is 11.5. The van der Waals surface area contributed by atoms with Gasteiger partial charge in [0.05, 0.1) is 9.20 Å². The molecular formula is C11H13BrO3S. The SMILES string of the molecule is Cc1sc(Br)cc1C(=O)CC(C)(C)C(=O)O. The third-order valence-corrected chi connectivity index (χ3v) is 3.92. The molecule has 1 N–H and O–H groups in total. The number of aryl methyl sites for hydroxylation is 1. The minimum absolute atomic E-state index is 0.0202. The molecule has 0 unspecified atom stereocenters. The van der Waals surface area contributed by atoms with Crippen molar-refractivity contribution in [3.05, 3.63) is 20.3 Å². The Hall–Kier alpha value is -0.680. The summed E-state index contributed by atoms with van der Waals surface area (Å²) in [5.74, 6) is -1.07. The molecule has 0 aliphatic rings. The largest absolute Gasteiger partial charge is 0.481 e. The molecule has 0 radical (unpaired) electrons. The van der Waals surface area contributed by atoms with Crippen LogP contribution in [0.2, 0.25) is 0 Å². The van der Waals surface area contributed by atoms with E-state index in [1.807, 2.05) is 6.92 Å². The molecule has 0 bridgehead atoms. The van der Waals surface area contributed by atoms with Crippen molar-refractivity contribution in [3.8, 4) is 0 Å². The number of carbonyl (C=O) groups is 2. The number of carbonyl (C=O) groups excluding carboxylic acids is 1. The van der Waals surface area contributed by atoms with Gasteiger partial charge in [-0.05, 0) is 42.8 Å². The maximum absolute atomic E-state index is 11.9. The van der Waals surface area contributed by atoms with E-state index in [2.05, 4.69) is 15.9 Å². The van der Waals surface area contributed by atoms with Crippen LogP contribution in [0, 0.1) is 12.3 Å². The van der Waals surface area contributed by atoms with Crippen molar-refractivity contribution in [2.45, 2.75) is 27.2 Å². The van der Waals surface area contributed by atoms with Crippen LogP contribution in [0.25, 0.3) is 0 Å². The van der Waals surface area contributed by atoms with Gasteiger partial charge in [-0.2, -0.15) is 0 Å². The third kappa shape index (κ3) is 2.92. The number of carboxylic acid groups (broad SMARTS) is 1. The maximum Gasteiger partial charge on any atom is 0.309 e. The molecule has 0 amide bonds. The van der Waals surface area contributed by atoms with Gasteiger partial charge in [-0.25, -0.2) is 0 Å². The molecule has 5 heteroatoms. The first-order valence-corrected chi connectivity index (χ1v) is 6.37. The predicted molar refractivity (Wildman–Crippen MR) is 67.1 cm³/mol. The Morgan fingerprint density at radius 2 is 2.06 bits per heavy atom. The zero-order valence-electron chi connectivity index (χ0n) is 9.33. The van der Waals surface area contributed by atoms with Gasteiger partial charge in [0.1, 0.15) is 0 Å². The lowest BCUT2D eigenvalue weighted by Gasteiger charge is -2.17. The summed E-state index contributed by atoms with van der Waals surface area (Å²) in [6, 6.07) is 1.75. The van der Waals surface area contributed by atoms with Gasteiger partial charge in [-0.1, -0.05) is 0 Å². The average Bonchev–Trinajstić information content (AvgIpc) is 2.44. The molecule has 1 rings (SSSR count). The molecule has 0 fully saturated rings. The van der Waals surface area contributed by atoms with Gasteiger partial charge in [0.2, 0.25) is 0 Å². The zero-order valence-corrected chi connectivity index (χ0v) is 11.7. The summed E-state index contributed by atoms with van der Waals surface area (Å²) in [6.45, 7) is 4.98. The van der Waals surface area contributed by atoms with Gasteiger partial charge >= 0.3 is 5.97 Å². The van der Waals surface area contributed by atoms with E-state index >= 15 is 0 Å². The monoisotopic (exact) mass is 304 g/mol. The second kappa shape index (κ2) is 4.67. The van der Waals surface area contributed by atoms with Crippen LogP contribution in [0.4, 0.5) is 0 Å². The van der Waals surface area contributed by atoms with E-state index in [4.69, 9.17) is 5.11 Å². The molecule has 3 nitrogen and oxygen atoms in total. The molecule has 16 heavy (non-hydrogen) atoms. The summed E-state index contributed by atoms with van der Waals surface area (Å²) in [7, 11) is 0. The Balaban J connectivity index is 2.89. The van der Waals surface area contributed by atoms with E-state index in [1.54, 1.807) is 19.9 Å². The lowest BCUT2D eigenvalue weighted by atomic mass is 9.86. The third-order valence-electron chi connectivity index (χ3n) is 2.37. The van der Waals surface area contributed by atoms with E-state index in [0.29, 0.717) is 5.56 Å². The number of carboxylic acids is 1. The lowest BCUT2D eigenvalue weighted by molar-refractivity contribution is -0.146. The van der Waals surface area contributed by atoms with Crippen LogP contribution in [0.1, 0.15) is 35.5 Å². The zero-order chi connectivity index (χ0) is 12.5. The van der Waals surface area contributed by atoms with Crippen molar-refractivity contribution in [3.63, 3.8) is 0 Å². The number of hydrogen-bond acceptors (Lipinski definition) is 3. The highest BCUT2D eigenvalue weighted by atomic mass is 79.9. The summed E-state index contributed by atoms with van der Waals surface area (Å²) in [6.07, 6.45) is 0.0202. The predicted octanol–water partition coefficient (Wildman–Crippen LogP) is 3.50. The van der Waals surface area contributed by atoms with Gasteiger partial charge < -0.3 is 5.11 Å². The Morgan fingerprint density at radius 1 is 1.50 bits per heavy atom. The van der Waals surface area contributed by atoms with Crippen molar-refractivity contribution in [1.82, 2.24) is 0 Å². The number of hydrogen-bond donors (Lipinski definition) is 1. The molecule has 0 saturated heterocycles. The van der Waals surface area contributed by atoms with Gasteiger partial charge in [0.25, 0.3) is 0 Å². The number of thiophene rings is 1. The van der Waals surface area contributed by atoms with Gasteiger partial charge in [-0.15, -0.1) is 11.3 Å². The molecule has 0 spiro atoms. The molecule has 0 aromatic carbocycles. The number of rotatable bonds is 4. The fraction of sp³-hybridized carbons (Fsp3) is 0.455. The Kier molecular flexibility index (Phi) is 3.91. The Bertz CT molecular complexity index is 434. The van der Waals surface area contributed by atoms with E-state index in [1.165, 1.54) is 11.3 Å². The first-order valence-electron chi connectivity index (χ1n) is 4.76. The molecule has 1 aromatic rings. The van der Waals surface area contributed by atoms with Crippen LogP contribution in [-0.4, -0.2) is 16.9 Å². The number of halogens is 1. The summed E-state index contributed by atoms with van der Waals surface area (Å²) in [5.41, 5.74) is -0.399. The van der Waals surface area contributed by atoms with E-state index in [-0.39, 0.29) is 12.2 Å². The molecule has 0 atom stereocenters. The van der Waals surface area contributed by atoms with Crippen molar-refractivity contribution < 1.29 is 14.7 Å². The van der Waals surface area contributed by atoms with Crippen LogP contribution in [0.15, 0.2) is 9.85 Å². The van der Waals surface area contributed by atoms with Crippen LogP contribution in [0.3, 0.4) is 0 Å². The molecule has 1 aromatic heterocycles. The highest BCUT2D eigenvalue weighted by Gasteiger charge is 2.31. The molecule has 0 aliphatic carbocycles. The van der Waals surface area contributed by atoms with Gasteiger partial charge in [-0.3, -0.25) is 9.59 Å². The Morgan fingerprint density at radius 3 is 2.44 bits per heavy atom. The van der Waals surface area contributed by atoms with Crippen LogP contribution in [0.5, 0.6) is 0 Å². The summed E-state index contributed by atoms with van der Waals surface area (Å²) in [4.78, 5) is 23.8. The van der Waals surface area contributed by atoms with E-state index in [0.717, 1.165) is 8.66 Å². The molecule has 0 aliphatic heterocycles. The molecule has 0 saturated carbocycles. The fourth-order valence-electron chi connectivity index (χ4n) is 1.29. The van der Waals surface area contributed by atoms with Gasteiger partial charge in [0, 0.05) is 16.9 Å². The number of Topliss-reactive ketones (excluding diaryl/α,β-unsaturated/α-hetero) is 1. The second-order valence-corrected chi connectivity index (χ2v) is 6.94. The molecule has 88 valence electrons. The van der Waals surface area contributed by atoms with Crippen molar-refractivity contribution in [2.24, 2.45) is 5.41 Å². The van der Waals surface area contributed by atoms with Crippen LogP contribution < -0.4 is 0 Å². The van der Waals surface area contributed by atoms with E-state index in [9.17, 15) is 9.59 Å². The lowest BCUT2D eigenvalue weighted by Crippen LogP contribution is -2.27. The minimum Gasteiger partial charge on any atom is -0.481 e. The molecular weight excluding hydrogens is 292 g/mol. The first kappa shape index (κ1) is 13.4. The fourth-order valence-corrected chi connectivity index (χ4v) is 3.00. The first-order chi connectivity index (χ1) is 7.24. The van der Waals surface area contributed by atoms with E-state index < -0.39 is 11.4 Å². The topological polar surface area (TPSA) is 54.4 Å². The van der Waals surface area contributed by atoms with Crippen LogP contribution in [-0.2, 0) is 4.79 Å². The van der Waals surface area contributed by atoms with Crippen LogP contribution >= 0.6 is 27.3 Å². The summed E-state index contributed by atoms with van der Waals surface area (Å²) in [5, 5.41) is 8.95. The van der Waals surface area contributed by atoms with Crippen molar-refractivity contribution in [1.29, 1.82) is 0 Å².